The van der Waals surface area contributed by atoms with E-state index in [-0.39, 0.29) is 0 Å². The molecule has 2 aliphatic rings. The van der Waals surface area contributed by atoms with Gasteiger partial charge in [-0.2, -0.15) is 0 Å². The normalized spacial score (nSPS) is 25.8. The third-order valence-electron chi connectivity index (χ3n) is 4.91. The standard InChI is InChI=1S/C19H23NO/c1-13-11-17(13)18-10-9-16(21-18)12-20-19(15-7-8-15)14-5-3-2-4-6-14/h2-6,9-10,13,15,17,19-20H,7-8,11-12H2,1H3. The summed E-state index contributed by atoms with van der Waals surface area (Å²) in [4.78, 5) is 0. The molecule has 2 heteroatoms. The molecule has 2 fully saturated rings. The Labute approximate surface area is 126 Å². The van der Waals surface area contributed by atoms with Crippen LogP contribution in [0.4, 0.5) is 0 Å². The maximum atomic E-state index is 6.00. The van der Waals surface area contributed by atoms with Crippen LogP contribution in [-0.2, 0) is 6.54 Å². The van der Waals surface area contributed by atoms with E-state index in [0.717, 1.165) is 24.1 Å². The van der Waals surface area contributed by atoms with E-state index in [4.69, 9.17) is 4.42 Å². The van der Waals surface area contributed by atoms with Crippen LogP contribution in [0.1, 0.15) is 55.2 Å². The van der Waals surface area contributed by atoms with Crippen molar-refractivity contribution in [3.8, 4) is 0 Å². The van der Waals surface area contributed by atoms with E-state index < -0.39 is 0 Å². The van der Waals surface area contributed by atoms with Gasteiger partial charge in [0.25, 0.3) is 0 Å². The molecular weight excluding hydrogens is 258 g/mol. The van der Waals surface area contributed by atoms with Gasteiger partial charge in [-0.3, -0.25) is 0 Å². The average Bonchev–Trinajstić information content (AvgIpc) is 3.42. The van der Waals surface area contributed by atoms with E-state index >= 15 is 0 Å². The Hall–Kier alpha value is -1.54. The average molecular weight is 281 g/mol. The molecule has 1 N–H and O–H groups in total. The van der Waals surface area contributed by atoms with Crippen molar-refractivity contribution in [3.63, 3.8) is 0 Å². The Morgan fingerprint density at radius 2 is 1.90 bits per heavy atom. The zero-order valence-electron chi connectivity index (χ0n) is 12.6. The molecule has 1 aromatic carbocycles. The zero-order valence-corrected chi connectivity index (χ0v) is 12.6. The Morgan fingerprint density at radius 1 is 1.14 bits per heavy atom. The first-order chi connectivity index (χ1) is 10.3. The van der Waals surface area contributed by atoms with Crippen molar-refractivity contribution in [2.75, 3.05) is 0 Å². The lowest BCUT2D eigenvalue weighted by Gasteiger charge is -2.18. The number of hydrogen-bond donors (Lipinski definition) is 1. The molecule has 2 nitrogen and oxygen atoms in total. The minimum Gasteiger partial charge on any atom is -0.464 e. The van der Waals surface area contributed by atoms with Crippen LogP contribution in [0, 0.1) is 11.8 Å². The third kappa shape index (κ3) is 2.91. The summed E-state index contributed by atoms with van der Waals surface area (Å²) >= 11 is 0. The van der Waals surface area contributed by atoms with Gasteiger partial charge < -0.3 is 9.73 Å². The predicted molar refractivity (Wildman–Crippen MR) is 84.0 cm³/mol. The maximum Gasteiger partial charge on any atom is 0.117 e. The molecule has 2 saturated carbocycles. The molecule has 0 spiro atoms. The summed E-state index contributed by atoms with van der Waals surface area (Å²) in [6.45, 7) is 3.13. The second kappa shape index (κ2) is 5.34. The van der Waals surface area contributed by atoms with Gasteiger partial charge in [0.1, 0.15) is 11.5 Å². The minimum absolute atomic E-state index is 0.472. The molecule has 3 unspecified atom stereocenters. The van der Waals surface area contributed by atoms with Gasteiger partial charge in [0.05, 0.1) is 6.54 Å². The first kappa shape index (κ1) is 13.1. The van der Waals surface area contributed by atoms with Crippen LogP contribution in [0.3, 0.4) is 0 Å². The van der Waals surface area contributed by atoms with Crippen molar-refractivity contribution in [1.29, 1.82) is 0 Å². The largest absolute Gasteiger partial charge is 0.464 e. The van der Waals surface area contributed by atoms with E-state index in [1.165, 1.54) is 30.6 Å². The molecule has 110 valence electrons. The van der Waals surface area contributed by atoms with Crippen LogP contribution >= 0.6 is 0 Å². The van der Waals surface area contributed by atoms with Gasteiger partial charge >= 0.3 is 0 Å². The Balaban J connectivity index is 1.41. The molecule has 1 aromatic heterocycles. The van der Waals surface area contributed by atoms with Crippen molar-refractivity contribution < 1.29 is 4.42 Å². The second-order valence-corrected chi connectivity index (χ2v) is 6.73. The minimum atomic E-state index is 0.472. The summed E-state index contributed by atoms with van der Waals surface area (Å²) in [5.41, 5.74) is 1.41. The summed E-state index contributed by atoms with van der Waals surface area (Å²) in [5, 5.41) is 3.70. The number of furan rings is 1. The quantitative estimate of drug-likeness (QED) is 0.834. The van der Waals surface area contributed by atoms with Gasteiger partial charge in [-0.15, -0.1) is 0 Å². The van der Waals surface area contributed by atoms with Gasteiger partial charge in [-0.05, 0) is 48.8 Å². The summed E-state index contributed by atoms with van der Waals surface area (Å²) < 4.78 is 6.00. The van der Waals surface area contributed by atoms with Crippen molar-refractivity contribution in [3.05, 3.63) is 59.5 Å². The molecule has 2 aromatic rings. The highest BCUT2D eigenvalue weighted by Crippen LogP contribution is 2.47. The summed E-state index contributed by atoms with van der Waals surface area (Å²) in [6, 6.07) is 15.6. The molecule has 1 heterocycles. The maximum absolute atomic E-state index is 6.00. The van der Waals surface area contributed by atoms with Crippen LogP contribution in [0.2, 0.25) is 0 Å². The summed E-state index contributed by atoms with van der Waals surface area (Å²) in [5.74, 6) is 4.53. The third-order valence-corrected chi connectivity index (χ3v) is 4.91. The van der Waals surface area contributed by atoms with Gasteiger partial charge in [0.2, 0.25) is 0 Å². The van der Waals surface area contributed by atoms with E-state index in [9.17, 15) is 0 Å². The highest BCUT2D eigenvalue weighted by molar-refractivity contribution is 5.22. The lowest BCUT2D eigenvalue weighted by atomic mass is 10.0. The van der Waals surface area contributed by atoms with Gasteiger partial charge in [0.15, 0.2) is 0 Å². The zero-order chi connectivity index (χ0) is 14.2. The molecule has 0 saturated heterocycles. The van der Waals surface area contributed by atoms with Crippen molar-refractivity contribution >= 4 is 0 Å². The van der Waals surface area contributed by atoms with Crippen LogP contribution in [-0.4, -0.2) is 0 Å². The number of nitrogens with one attached hydrogen (secondary N) is 1. The van der Waals surface area contributed by atoms with E-state index in [1.807, 2.05) is 0 Å². The monoisotopic (exact) mass is 281 g/mol. The molecule has 0 radical (unpaired) electrons. The van der Waals surface area contributed by atoms with E-state index in [2.05, 4.69) is 54.7 Å². The Bertz CT molecular complexity index is 599. The first-order valence-electron chi connectivity index (χ1n) is 8.18. The second-order valence-electron chi connectivity index (χ2n) is 6.73. The smallest absolute Gasteiger partial charge is 0.117 e. The molecular formula is C19H23NO. The fourth-order valence-electron chi connectivity index (χ4n) is 3.26. The summed E-state index contributed by atoms with van der Waals surface area (Å²) in [6.07, 6.45) is 3.97. The molecule has 3 atom stereocenters. The fourth-order valence-corrected chi connectivity index (χ4v) is 3.26. The SMILES string of the molecule is CC1CC1c1ccc(CNC(c2ccccc2)C2CC2)o1. The van der Waals surface area contributed by atoms with Crippen LogP contribution in [0.15, 0.2) is 46.9 Å². The molecule has 21 heavy (non-hydrogen) atoms. The lowest BCUT2D eigenvalue weighted by molar-refractivity contribution is 0.408. The highest BCUT2D eigenvalue weighted by atomic mass is 16.3. The highest BCUT2D eigenvalue weighted by Gasteiger charge is 2.36. The number of hydrogen-bond acceptors (Lipinski definition) is 2. The van der Waals surface area contributed by atoms with Gasteiger partial charge in [-0.1, -0.05) is 37.3 Å². The van der Waals surface area contributed by atoms with Gasteiger partial charge in [-0.25, -0.2) is 0 Å². The Morgan fingerprint density at radius 3 is 2.57 bits per heavy atom. The van der Waals surface area contributed by atoms with E-state index in [0.29, 0.717) is 12.0 Å². The van der Waals surface area contributed by atoms with Crippen LogP contribution in [0.25, 0.3) is 0 Å². The lowest BCUT2D eigenvalue weighted by Crippen LogP contribution is -2.22. The van der Waals surface area contributed by atoms with Crippen molar-refractivity contribution in [2.24, 2.45) is 11.8 Å². The first-order valence-corrected chi connectivity index (χ1v) is 8.18. The molecule has 0 aliphatic heterocycles. The predicted octanol–water partition coefficient (Wildman–Crippen LogP) is 4.64. The number of benzene rings is 1. The van der Waals surface area contributed by atoms with E-state index in [1.54, 1.807) is 0 Å². The van der Waals surface area contributed by atoms with Crippen molar-refractivity contribution in [2.45, 2.75) is 44.7 Å². The topological polar surface area (TPSA) is 25.2 Å². The van der Waals surface area contributed by atoms with Gasteiger partial charge in [0, 0.05) is 12.0 Å². The fraction of sp³-hybridized carbons (Fsp3) is 0.474. The summed E-state index contributed by atoms with van der Waals surface area (Å²) in [7, 11) is 0. The van der Waals surface area contributed by atoms with Crippen LogP contribution in [0.5, 0.6) is 0 Å². The van der Waals surface area contributed by atoms with Crippen LogP contribution < -0.4 is 5.32 Å². The molecule has 0 amide bonds. The number of rotatable bonds is 6. The van der Waals surface area contributed by atoms with Crippen molar-refractivity contribution in [1.82, 2.24) is 5.32 Å². The molecule has 0 bridgehead atoms. The molecule has 2 aliphatic carbocycles. The Kier molecular flexibility index (Phi) is 3.34. The molecule has 4 rings (SSSR count).